The molecule has 2 aromatic carbocycles. The highest BCUT2D eigenvalue weighted by atomic mass is 14.7. The Bertz CT molecular complexity index is 528. The molecule has 17 heavy (non-hydrogen) atoms. The maximum atomic E-state index is 4.54. The van der Waals surface area contributed by atoms with Crippen LogP contribution in [0.2, 0.25) is 0 Å². The van der Waals surface area contributed by atoms with Gasteiger partial charge in [-0.1, -0.05) is 48.5 Å². The molecule has 0 amide bonds. The standard InChI is InChI=1S/C16H15N/c1-2-6-13(7-3-1)14-10-11-17-16-9-5-4-8-15(16)12-14/h1-9,11,14H,10,12H2. The van der Waals surface area contributed by atoms with Crippen molar-refractivity contribution in [3.8, 4) is 0 Å². The van der Waals surface area contributed by atoms with Gasteiger partial charge >= 0.3 is 0 Å². The summed E-state index contributed by atoms with van der Waals surface area (Å²) in [6.07, 6.45) is 4.17. The quantitative estimate of drug-likeness (QED) is 0.687. The number of hydrogen-bond donors (Lipinski definition) is 0. The molecule has 1 heterocycles. The van der Waals surface area contributed by atoms with E-state index in [1.54, 1.807) is 0 Å². The minimum atomic E-state index is 0.559. The van der Waals surface area contributed by atoms with E-state index in [1.165, 1.54) is 11.1 Å². The van der Waals surface area contributed by atoms with Gasteiger partial charge in [-0.15, -0.1) is 0 Å². The van der Waals surface area contributed by atoms with Crippen LogP contribution in [-0.4, -0.2) is 6.21 Å². The maximum absolute atomic E-state index is 4.54. The fraction of sp³-hybridized carbons (Fsp3) is 0.188. The highest BCUT2D eigenvalue weighted by Gasteiger charge is 2.15. The van der Waals surface area contributed by atoms with Gasteiger partial charge in [0.25, 0.3) is 0 Å². The van der Waals surface area contributed by atoms with Crippen molar-refractivity contribution in [3.63, 3.8) is 0 Å². The molecule has 0 saturated heterocycles. The number of para-hydroxylation sites is 1. The number of aliphatic imine (C=N–C) groups is 1. The van der Waals surface area contributed by atoms with Crippen LogP contribution in [0.1, 0.15) is 23.5 Å². The smallest absolute Gasteiger partial charge is 0.0657 e. The van der Waals surface area contributed by atoms with Gasteiger partial charge in [0.2, 0.25) is 0 Å². The number of hydrogen-bond acceptors (Lipinski definition) is 1. The molecule has 0 saturated carbocycles. The number of nitrogens with zero attached hydrogens (tertiary/aromatic N) is 1. The summed E-state index contributed by atoms with van der Waals surface area (Å²) in [6, 6.07) is 19.2. The first-order valence-corrected chi connectivity index (χ1v) is 6.09. The van der Waals surface area contributed by atoms with Crippen molar-refractivity contribution >= 4 is 11.9 Å². The van der Waals surface area contributed by atoms with E-state index in [1.807, 2.05) is 0 Å². The first kappa shape index (κ1) is 10.3. The molecule has 1 nitrogen and oxygen atoms in total. The normalized spacial score (nSPS) is 18.5. The highest BCUT2D eigenvalue weighted by Crippen LogP contribution is 2.31. The first-order chi connectivity index (χ1) is 8.43. The molecule has 84 valence electrons. The second-order valence-electron chi connectivity index (χ2n) is 4.49. The van der Waals surface area contributed by atoms with Crippen molar-refractivity contribution in [2.45, 2.75) is 18.8 Å². The zero-order valence-corrected chi connectivity index (χ0v) is 9.71. The Morgan fingerprint density at radius 1 is 0.882 bits per heavy atom. The fourth-order valence-electron chi connectivity index (χ4n) is 2.42. The molecule has 1 aliphatic rings. The minimum absolute atomic E-state index is 0.559. The van der Waals surface area contributed by atoms with Gasteiger partial charge in [0.15, 0.2) is 0 Å². The fourth-order valence-corrected chi connectivity index (χ4v) is 2.42. The van der Waals surface area contributed by atoms with E-state index >= 15 is 0 Å². The van der Waals surface area contributed by atoms with Crippen molar-refractivity contribution < 1.29 is 0 Å². The number of benzene rings is 2. The Morgan fingerprint density at radius 2 is 1.65 bits per heavy atom. The summed E-state index contributed by atoms with van der Waals surface area (Å²) in [5.74, 6) is 0.559. The summed E-state index contributed by atoms with van der Waals surface area (Å²) in [5.41, 5.74) is 3.90. The molecule has 0 aliphatic carbocycles. The van der Waals surface area contributed by atoms with E-state index in [0.717, 1.165) is 18.5 Å². The molecule has 1 atom stereocenters. The predicted octanol–water partition coefficient (Wildman–Crippen LogP) is 4.12. The van der Waals surface area contributed by atoms with Crippen LogP contribution >= 0.6 is 0 Å². The molecule has 0 fully saturated rings. The minimum Gasteiger partial charge on any atom is -0.261 e. The Morgan fingerprint density at radius 3 is 2.53 bits per heavy atom. The number of rotatable bonds is 1. The van der Waals surface area contributed by atoms with E-state index in [4.69, 9.17) is 0 Å². The van der Waals surface area contributed by atoms with Gasteiger partial charge in [0.05, 0.1) is 5.69 Å². The van der Waals surface area contributed by atoms with Crippen molar-refractivity contribution in [2.75, 3.05) is 0 Å². The van der Waals surface area contributed by atoms with Gasteiger partial charge in [-0.2, -0.15) is 0 Å². The second kappa shape index (κ2) is 4.54. The first-order valence-electron chi connectivity index (χ1n) is 6.09. The molecule has 0 aromatic heterocycles. The van der Waals surface area contributed by atoms with Crippen LogP contribution in [0.25, 0.3) is 0 Å². The number of fused-ring (bicyclic) bond motifs is 1. The largest absolute Gasteiger partial charge is 0.261 e. The lowest BCUT2D eigenvalue weighted by Gasteiger charge is -2.14. The molecule has 1 aliphatic heterocycles. The predicted molar refractivity (Wildman–Crippen MR) is 72.1 cm³/mol. The SMILES string of the molecule is C1=Nc2ccccc2CC(c2ccccc2)C1. The summed E-state index contributed by atoms with van der Waals surface area (Å²) in [7, 11) is 0. The van der Waals surface area contributed by atoms with Gasteiger partial charge in [-0.05, 0) is 36.0 Å². The van der Waals surface area contributed by atoms with E-state index in [9.17, 15) is 0 Å². The monoisotopic (exact) mass is 221 g/mol. The summed E-state index contributed by atoms with van der Waals surface area (Å²) >= 11 is 0. The molecule has 3 rings (SSSR count). The average molecular weight is 221 g/mol. The van der Waals surface area contributed by atoms with Crippen LogP contribution in [0.5, 0.6) is 0 Å². The molecular formula is C16H15N. The van der Waals surface area contributed by atoms with Crippen molar-refractivity contribution in [2.24, 2.45) is 4.99 Å². The van der Waals surface area contributed by atoms with Crippen LogP contribution in [0.4, 0.5) is 5.69 Å². The Kier molecular flexibility index (Phi) is 2.74. The average Bonchev–Trinajstić information content (AvgIpc) is 2.62. The third-order valence-electron chi connectivity index (χ3n) is 3.35. The summed E-state index contributed by atoms with van der Waals surface area (Å²) in [6.45, 7) is 0. The lowest BCUT2D eigenvalue weighted by atomic mass is 9.90. The zero-order chi connectivity index (χ0) is 11.5. The summed E-state index contributed by atoms with van der Waals surface area (Å²) in [5, 5.41) is 0. The van der Waals surface area contributed by atoms with Gasteiger partial charge < -0.3 is 0 Å². The van der Waals surface area contributed by atoms with Crippen LogP contribution in [0.15, 0.2) is 59.6 Å². The summed E-state index contributed by atoms with van der Waals surface area (Å²) < 4.78 is 0. The highest BCUT2D eigenvalue weighted by molar-refractivity contribution is 5.67. The second-order valence-corrected chi connectivity index (χ2v) is 4.49. The third-order valence-corrected chi connectivity index (χ3v) is 3.35. The van der Waals surface area contributed by atoms with Gasteiger partial charge in [0.1, 0.15) is 0 Å². The van der Waals surface area contributed by atoms with Crippen LogP contribution in [0, 0.1) is 0 Å². The van der Waals surface area contributed by atoms with Crippen molar-refractivity contribution in [1.29, 1.82) is 0 Å². The van der Waals surface area contributed by atoms with E-state index < -0.39 is 0 Å². The maximum Gasteiger partial charge on any atom is 0.0657 e. The summed E-state index contributed by atoms with van der Waals surface area (Å²) in [4.78, 5) is 4.54. The van der Waals surface area contributed by atoms with Crippen LogP contribution in [0.3, 0.4) is 0 Å². The van der Waals surface area contributed by atoms with E-state index in [0.29, 0.717) is 5.92 Å². The molecule has 1 heteroatoms. The lowest BCUT2D eigenvalue weighted by molar-refractivity contribution is 0.726. The van der Waals surface area contributed by atoms with Crippen LogP contribution in [-0.2, 0) is 6.42 Å². The van der Waals surface area contributed by atoms with Gasteiger partial charge in [-0.3, -0.25) is 4.99 Å². The third kappa shape index (κ3) is 2.14. The molecule has 0 bridgehead atoms. The van der Waals surface area contributed by atoms with Crippen molar-refractivity contribution in [3.05, 3.63) is 65.7 Å². The van der Waals surface area contributed by atoms with Gasteiger partial charge in [-0.25, -0.2) is 0 Å². The Hall–Kier alpha value is -1.89. The molecule has 0 N–H and O–H groups in total. The van der Waals surface area contributed by atoms with E-state index in [-0.39, 0.29) is 0 Å². The van der Waals surface area contributed by atoms with Crippen molar-refractivity contribution in [1.82, 2.24) is 0 Å². The topological polar surface area (TPSA) is 12.4 Å². The molecule has 0 spiro atoms. The molecule has 2 aromatic rings. The molecule has 0 radical (unpaired) electrons. The molecule has 1 unspecified atom stereocenters. The lowest BCUT2D eigenvalue weighted by Crippen LogP contribution is -2.02. The Labute approximate surface area is 102 Å². The molecular weight excluding hydrogens is 206 g/mol. The van der Waals surface area contributed by atoms with E-state index in [2.05, 4.69) is 65.8 Å². The zero-order valence-electron chi connectivity index (χ0n) is 9.71. The van der Waals surface area contributed by atoms with Crippen LogP contribution < -0.4 is 0 Å². The Balaban J connectivity index is 1.95. The van der Waals surface area contributed by atoms with Gasteiger partial charge in [0, 0.05) is 6.21 Å².